The predicted molar refractivity (Wildman–Crippen MR) is 73.5 cm³/mol. The molecule has 1 aromatic rings. The van der Waals surface area contributed by atoms with Crippen LogP contribution in [0, 0.1) is 11.8 Å². The lowest BCUT2D eigenvalue weighted by atomic mass is 9.95. The van der Waals surface area contributed by atoms with Crippen molar-refractivity contribution in [2.24, 2.45) is 11.8 Å². The number of fused-ring (bicyclic) bond motifs is 3. The Bertz CT molecular complexity index is 474. The van der Waals surface area contributed by atoms with E-state index in [-0.39, 0.29) is 0 Å². The van der Waals surface area contributed by atoms with E-state index in [0.717, 1.165) is 42.3 Å². The van der Waals surface area contributed by atoms with Gasteiger partial charge in [0.05, 0.1) is 0 Å². The molecule has 3 heteroatoms. The Morgan fingerprint density at radius 2 is 2.05 bits per heavy atom. The molecule has 3 aliphatic rings. The Morgan fingerprint density at radius 3 is 2.89 bits per heavy atom. The highest BCUT2D eigenvalue weighted by molar-refractivity contribution is 5.44. The average Bonchev–Trinajstić information content (AvgIpc) is 3.14. The first kappa shape index (κ1) is 11.6. The Kier molecular flexibility index (Phi) is 2.87. The third kappa shape index (κ3) is 2.20. The molecule has 1 heterocycles. The SMILES string of the molecule is c1cc2c(cc1CCN[C@H]1C[C@H]3CC[C@H]1C3)OCO2. The van der Waals surface area contributed by atoms with Crippen molar-refractivity contribution in [2.45, 2.75) is 38.1 Å². The van der Waals surface area contributed by atoms with E-state index >= 15 is 0 Å². The topological polar surface area (TPSA) is 30.5 Å². The minimum Gasteiger partial charge on any atom is -0.454 e. The normalized spacial score (nSPS) is 31.1. The number of ether oxygens (including phenoxy) is 2. The van der Waals surface area contributed by atoms with E-state index in [2.05, 4.69) is 17.4 Å². The van der Waals surface area contributed by atoms with Gasteiger partial charge in [-0.15, -0.1) is 0 Å². The lowest BCUT2D eigenvalue weighted by Gasteiger charge is -2.22. The molecule has 0 aromatic heterocycles. The van der Waals surface area contributed by atoms with Crippen LogP contribution in [0.1, 0.15) is 31.2 Å². The maximum atomic E-state index is 5.42. The molecule has 2 saturated carbocycles. The maximum absolute atomic E-state index is 5.42. The van der Waals surface area contributed by atoms with Gasteiger partial charge in [-0.25, -0.2) is 0 Å². The van der Waals surface area contributed by atoms with Gasteiger partial charge in [0, 0.05) is 6.04 Å². The largest absolute Gasteiger partial charge is 0.454 e. The zero-order valence-electron chi connectivity index (χ0n) is 11.2. The predicted octanol–water partition coefficient (Wildman–Crippen LogP) is 2.74. The van der Waals surface area contributed by atoms with E-state index in [1.54, 1.807) is 0 Å². The van der Waals surface area contributed by atoms with Gasteiger partial charge in [0.1, 0.15) is 0 Å². The van der Waals surface area contributed by atoms with Crippen LogP contribution < -0.4 is 14.8 Å². The molecule has 0 saturated heterocycles. The molecule has 1 N–H and O–H groups in total. The molecule has 1 aromatic carbocycles. The zero-order chi connectivity index (χ0) is 12.7. The first-order valence-corrected chi connectivity index (χ1v) is 7.50. The summed E-state index contributed by atoms with van der Waals surface area (Å²) in [4.78, 5) is 0. The van der Waals surface area contributed by atoms with Gasteiger partial charge in [0.2, 0.25) is 6.79 Å². The summed E-state index contributed by atoms with van der Waals surface area (Å²) in [6.45, 7) is 1.44. The van der Waals surface area contributed by atoms with Crippen molar-refractivity contribution in [3.05, 3.63) is 23.8 Å². The highest BCUT2D eigenvalue weighted by Gasteiger charge is 2.38. The summed E-state index contributed by atoms with van der Waals surface area (Å²) in [5.74, 6) is 3.76. The standard InChI is InChI=1S/C16H21NO2/c1-3-13-7-12(1)8-14(13)17-6-5-11-2-4-15-16(9-11)19-10-18-15/h2,4,9,12-14,17H,1,3,5-8,10H2/t12-,13-,14-/m0/s1. The molecule has 2 aliphatic carbocycles. The van der Waals surface area contributed by atoms with E-state index in [0.29, 0.717) is 6.79 Å². The van der Waals surface area contributed by atoms with E-state index in [1.807, 2.05) is 6.07 Å². The summed E-state index contributed by atoms with van der Waals surface area (Å²) < 4.78 is 10.8. The fourth-order valence-corrected chi connectivity index (χ4v) is 3.99. The molecule has 1 aliphatic heterocycles. The molecule has 2 fully saturated rings. The summed E-state index contributed by atoms with van der Waals surface area (Å²) in [5, 5.41) is 3.76. The first-order chi connectivity index (χ1) is 9.38. The van der Waals surface area contributed by atoms with Crippen molar-refractivity contribution in [3.63, 3.8) is 0 Å². The van der Waals surface area contributed by atoms with Crippen molar-refractivity contribution >= 4 is 0 Å². The molecule has 0 unspecified atom stereocenters. The van der Waals surface area contributed by atoms with E-state index in [4.69, 9.17) is 9.47 Å². The number of rotatable bonds is 4. The lowest BCUT2D eigenvalue weighted by molar-refractivity contribution is 0.174. The van der Waals surface area contributed by atoms with Crippen LogP contribution in [0.25, 0.3) is 0 Å². The van der Waals surface area contributed by atoms with Gasteiger partial charge in [-0.1, -0.05) is 12.5 Å². The lowest BCUT2D eigenvalue weighted by Crippen LogP contribution is -2.35. The summed E-state index contributed by atoms with van der Waals surface area (Å²) in [6, 6.07) is 7.07. The number of benzene rings is 1. The minimum absolute atomic E-state index is 0.363. The smallest absolute Gasteiger partial charge is 0.231 e. The fraction of sp³-hybridized carbons (Fsp3) is 0.625. The molecular formula is C16H21NO2. The Hall–Kier alpha value is -1.22. The highest BCUT2D eigenvalue weighted by Crippen LogP contribution is 2.44. The monoisotopic (exact) mass is 259 g/mol. The second-order valence-electron chi connectivity index (χ2n) is 6.17. The van der Waals surface area contributed by atoms with Crippen LogP contribution >= 0.6 is 0 Å². The van der Waals surface area contributed by atoms with Crippen LogP contribution in [0.15, 0.2) is 18.2 Å². The van der Waals surface area contributed by atoms with Gasteiger partial charge >= 0.3 is 0 Å². The van der Waals surface area contributed by atoms with E-state index in [1.165, 1.54) is 31.2 Å². The zero-order valence-corrected chi connectivity index (χ0v) is 11.2. The number of hydrogen-bond acceptors (Lipinski definition) is 3. The van der Waals surface area contributed by atoms with Crippen molar-refractivity contribution in [1.82, 2.24) is 5.32 Å². The highest BCUT2D eigenvalue weighted by atomic mass is 16.7. The molecule has 2 bridgehead atoms. The second-order valence-corrected chi connectivity index (χ2v) is 6.17. The molecule has 0 radical (unpaired) electrons. The molecule has 3 atom stereocenters. The van der Waals surface area contributed by atoms with Crippen LogP contribution in [0.3, 0.4) is 0 Å². The maximum Gasteiger partial charge on any atom is 0.231 e. The third-order valence-corrected chi connectivity index (χ3v) is 5.00. The third-order valence-electron chi connectivity index (χ3n) is 5.00. The fourth-order valence-electron chi connectivity index (χ4n) is 3.99. The summed E-state index contributed by atoms with van der Waals surface area (Å²) >= 11 is 0. The first-order valence-electron chi connectivity index (χ1n) is 7.50. The molecule has 0 spiro atoms. The minimum atomic E-state index is 0.363. The van der Waals surface area contributed by atoms with Gasteiger partial charge < -0.3 is 14.8 Å². The summed E-state index contributed by atoms with van der Waals surface area (Å²) in [7, 11) is 0. The molecule has 4 rings (SSSR count). The van der Waals surface area contributed by atoms with Gasteiger partial charge in [0.25, 0.3) is 0 Å². The quantitative estimate of drug-likeness (QED) is 0.902. The Balaban J connectivity index is 1.30. The van der Waals surface area contributed by atoms with Gasteiger partial charge in [-0.3, -0.25) is 0 Å². The van der Waals surface area contributed by atoms with Gasteiger partial charge in [-0.05, 0) is 61.8 Å². The number of nitrogens with one attached hydrogen (secondary N) is 1. The Labute approximate surface area is 114 Å². The molecular weight excluding hydrogens is 238 g/mol. The van der Waals surface area contributed by atoms with Crippen LogP contribution in [0.2, 0.25) is 0 Å². The summed E-state index contributed by atoms with van der Waals surface area (Å²) in [5.41, 5.74) is 1.33. The average molecular weight is 259 g/mol. The Morgan fingerprint density at radius 1 is 1.11 bits per heavy atom. The van der Waals surface area contributed by atoms with Crippen molar-refractivity contribution in [3.8, 4) is 11.5 Å². The van der Waals surface area contributed by atoms with Gasteiger partial charge in [0.15, 0.2) is 11.5 Å². The van der Waals surface area contributed by atoms with Crippen molar-refractivity contribution in [1.29, 1.82) is 0 Å². The summed E-state index contributed by atoms with van der Waals surface area (Å²) in [6.07, 6.45) is 6.88. The van der Waals surface area contributed by atoms with E-state index in [9.17, 15) is 0 Å². The molecule has 19 heavy (non-hydrogen) atoms. The van der Waals surface area contributed by atoms with Crippen LogP contribution in [-0.4, -0.2) is 19.4 Å². The van der Waals surface area contributed by atoms with Crippen molar-refractivity contribution < 1.29 is 9.47 Å². The van der Waals surface area contributed by atoms with Gasteiger partial charge in [-0.2, -0.15) is 0 Å². The molecule has 3 nitrogen and oxygen atoms in total. The molecule has 102 valence electrons. The second kappa shape index (κ2) is 4.71. The van der Waals surface area contributed by atoms with Crippen LogP contribution in [0.5, 0.6) is 11.5 Å². The number of hydrogen-bond donors (Lipinski definition) is 1. The van der Waals surface area contributed by atoms with Crippen LogP contribution in [-0.2, 0) is 6.42 Å². The molecule has 0 amide bonds. The van der Waals surface area contributed by atoms with E-state index < -0.39 is 0 Å². The van der Waals surface area contributed by atoms with Crippen LogP contribution in [0.4, 0.5) is 0 Å². The van der Waals surface area contributed by atoms with Crippen molar-refractivity contribution in [2.75, 3.05) is 13.3 Å².